The van der Waals surface area contributed by atoms with Gasteiger partial charge < -0.3 is 12.0 Å². The third-order valence-corrected chi connectivity index (χ3v) is 1.01. The van der Waals surface area contributed by atoms with Gasteiger partial charge in [-0.05, 0) is 6.42 Å². The first kappa shape index (κ1) is 17.1. The summed E-state index contributed by atoms with van der Waals surface area (Å²) in [6.45, 7) is 7.53. The van der Waals surface area contributed by atoms with Gasteiger partial charge in [-0.25, -0.2) is 0 Å². The molecule has 0 unspecified atom stereocenters. The molecular weight excluding hydrogens is 203 g/mol. The van der Waals surface area contributed by atoms with Gasteiger partial charge in [-0.3, -0.25) is 0 Å². The number of aliphatic hydroxyl groups excluding tert-OH is 1. The fourth-order valence-electron chi connectivity index (χ4n) is 0.539. The van der Waals surface area contributed by atoms with E-state index in [-0.39, 0.29) is 26.2 Å². The van der Waals surface area contributed by atoms with E-state index >= 15 is 0 Å². The smallest absolute Gasteiger partial charge is 0.0431 e. The molecule has 0 radical (unpaired) electrons. The van der Waals surface area contributed by atoms with E-state index in [0.29, 0.717) is 6.61 Å². The van der Waals surface area contributed by atoms with Crippen molar-refractivity contribution in [2.75, 3.05) is 6.61 Å². The molecule has 0 aliphatic carbocycles. The molecule has 0 amide bonds. The molecule has 0 aromatic carbocycles. The second-order valence-corrected chi connectivity index (χ2v) is 1.78. The molecule has 10 heavy (non-hydrogen) atoms. The average Bonchev–Trinajstić information content (AvgIpc) is 1.94. The van der Waals surface area contributed by atoms with Crippen LogP contribution in [0.3, 0.4) is 0 Å². The second-order valence-electron chi connectivity index (χ2n) is 1.78. The minimum absolute atomic E-state index is 0. The maximum atomic E-state index is 8.29. The molecule has 0 heterocycles. The van der Waals surface area contributed by atoms with Crippen molar-refractivity contribution in [1.29, 1.82) is 0 Å². The summed E-state index contributed by atoms with van der Waals surface area (Å²) < 4.78 is 0. The first-order valence-electron chi connectivity index (χ1n) is 3.73. The van der Waals surface area contributed by atoms with Crippen molar-refractivity contribution in [3.05, 3.63) is 6.92 Å². The molecule has 0 fully saturated rings. The van der Waals surface area contributed by atoms with Gasteiger partial charge in [0.2, 0.25) is 0 Å². The number of hydrogen-bond donors (Lipinski definition) is 1. The van der Waals surface area contributed by atoms with Gasteiger partial charge in [0.1, 0.15) is 0 Å². The summed E-state index contributed by atoms with van der Waals surface area (Å²) in [6.07, 6.45) is 4.68. The summed E-state index contributed by atoms with van der Waals surface area (Å²) in [5, 5.41) is 8.29. The predicted octanol–water partition coefficient (Wildman–Crippen LogP) is 2.40. The van der Waals surface area contributed by atoms with E-state index in [2.05, 4.69) is 13.8 Å². The first-order chi connectivity index (χ1) is 4.41. The molecule has 0 saturated heterocycles. The Bertz CT molecular complexity index is 28.4. The van der Waals surface area contributed by atoms with Crippen LogP contribution in [-0.2, 0) is 26.2 Å². The van der Waals surface area contributed by atoms with Gasteiger partial charge in [0.25, 0.3) is 0 Å². The molecule has 0 rings (SSSR count). The number of rotatable bonds is 4. The first-order valence-corrected chi connectivity index (χ1v) is 3.73. The zero-order chi connectivity index (χ0) is 7.54. The second kappa shape index (κ2) is 22.5. The quantitative estimate of drug-likeness (QED) is 0.572. The van der Waals surface area contributed by atoms with Crippen LogP contribution in [0.5, 0.6) is 0 Å². The molecule has 0 spiro atoms. The Labute approximate surface area is 84.3 Å². The molecule has 1 nitrogen and oxygen atoms in total. The van der Waals surface area contributed by atoms with Gasteiger partial charge in [-0.2, -0.15) is 6.92 Å². The Hall–Kier alpha value is 0.843. The minimum Gasteiger partial charge on any atom is -0.396 e. The molecule has 0 bridgehead atoms. The maximum absolute atomic E-state index is 8.29. The molecule has 2 heteroatoms. The topological polar surface area (TPSA) is 20.2 Å². The number of aliphatic hydroxyl groups is 1. The third kappa shape index (κ3) is 23.2. The molecule has 0 aliphatic rings. The Balaban J connectivity index is -0.000000149. The largest absolute Gasteiger partial charge is 0.396 e. The summed E-state index contributed by atoms with van der Waals surface area (Å²) in [7, 11) is 0. The van der Waals surface area contributed by atoms with Crippen LogP contribution >= 0.6 is 0 Å². The van der Waals surface area contributed by atoms with Gasteiger partial charge in [0, 0.05) is 32.8 Å². The Morgan fingerprint density at radius 3 is 1.90 bits per heavy atom. The monoisotopic (exact) mass is 221 g/mol. The Morgan fingerprint density at radius 1 is 1.10 bits per heavy atom. The molecule has 0 aliphatic heterocycles. The maximum Gasteiger partial charge on any atom is 0.0431 e. The van der Waals surface area contributed by atoms with Crippen LogP contribution in [0.15, 0.2) is 0 Å². The van der Waals surface area contributed by atoms with E-state index in [9.17, 15) is 0 Å². The van der Waals surface area contributed by atoms with Crippen LogP contribution in [-0.4, -0.2) is 11.7 Å². The van der Waals surface area contributed by atoms with Crippen molar-refractivity contribution >= 4 is 0 Å². The van der Waals surface area contributed by atoms with Gasteiger partial charge in [-0.1, -0.05) is 26.2 Å². The zero-order valence-corrected chi connectivity index (χ0v) is 9.65. The molecule has 0 saturated carbocycles. The summed E-state index contributed by atoms with van der Waals surface area (Å²) in [5.41, 5.74) is 0. The van der Waals surface area contributed by atoms with E-state index in [0.717, 1.165) is 6.42 Å². The van der Waals surface area contributed by atoms with Crippen LogP contribution in [0.4, 0.5) is 0 Å². The van der Waals surface area contributed by atoms with E-state index in [4.69, 9.17) is 5.11 Å². The van der Waals surface area contributed by atoms with Crippen molar-refractivity contribution in [2.24, 2.45) is 0 Å². The van der Waals surface area contributed by atoms with Crippen molar-refractivity contribution in [3.63, 3.8) is 0 Å². The normalized spacial score (nSPS) is 7.20. The van der Waals surface area contributed by atoms with Crippen LogP contribution in [0.2, 0.25) is 0 Å². The molecular formula is C8H19OZr-. The SMILES string of the molecule is CCCCCCO.[CH2-]C.[Zr]. The van der Waals surface area contributed by atoms with Crippen LogP contribution in [0.1, 0.15) is 39.5 Å². The summed E-state index contributed by atoms with van der Waals surface area (Å²) in [4.78, 5) is 0. The van der Waals surface area contributed by atoms with Crippen molar-refractivity contribution in [1.82, 2.24) is 0 Å². The zero-order valence-electron chi connectivity index (χ0n) is 7.19. The van der Waals surface area contributed by atoms with Crippen molar-refractivity contribution in [2.45, 2.75) is 39.5 Å². The van der Waals surface area contributed by atoms with Crippen LogP contribution in [0.25, 0.3) is 0 Å². The van der Waals surface area contributed by atoms with E-state index in [1.165, 1.54) is 19.3 Å². The fourth-order valence-corrected chi connectivity index (χ4v) is 0.539. The average molecular weight is 222 g/mol. The Kier molecular flexibility index (Phi) is 38.5. The minimum atomic E-state index is 0. The molecule has 0 aromatic heterocycles. The van der Waals surface area contributed by atoms with Gasteiger partial charge in [0.05, 0.1) is 0 Å². The van der Waals surface area contributed by atoms with E-state index < -0.39 is 0 Å². The Morgan fingerprint density at radius 2 is 1.60 bits per heavy atom. The standard InChI is InChI=1S/C6H14O.C2H5.Zr/c1-2-3-4-5-6-7;1-2;/h7H,2-6H2,1H3;1H2,2H3;/q;-1;. The number of unbranched alkanes of at least 4 members (excludes halogenated alkanes) is 3. The van der Waals surface area contributed by atoms with Crippen molar-refractivity contribution in [3.8, 4) is 0 Å². The summed E-state index contributed by atoms with van der Waals surface area (Å²) in [6, 6.07) is 0. The summed E-state index contributed by atoms with van der Waals surface area (Å²) in [5.74, 6) is 0. The van der Waals surface area contributed by atoms with E-state index in [1.54, 1.807) is 6.92 Å². The third-order valence-electron chi connectivity index (χ3n) is 1.01. The van der Waals surface area contributed by atoms with Crippen LogP contribution < -0.4 is 0 Å². The van der Waals surface area contributed by atoms with E-state index in [1.807, 2.05) is 0 Å². The van der Waals surface area contributed by atoms with Gasteiger partial charge >= 0.3 is 0 Å². The molecule has 0 aromatic rings. The fraction of sp³-hybridized carbons (Fsp3) is 0.875. The predicted molar refractivity (Wildman–Crippen MR) is 42.3 cm³/mol. The van der Waals surface area contributed by atoms with Gasteiger partial charge in [-0.15, -0.1) is 0 Å². The summed E-state index contributed by atoms with van der Waals surface area (Å²) >= 11 is 0. The van der Waals surface area contributed by atoms with Crippen LogP contribution in [0, 0.1) is 6.92 Å². The van der Waals surface area contributed by atoms with Gasteiger partial charge in [0.15, 0.2) is 0 Å². The van der Waals surface area contributed by atoms with Crippen molar-refractivity contribution < 1.29 is 31.3 Å². The molecule has 0 atom stereocenters. The molecule has 62 valence electrons. The number of hydrogen-bond acceptors (Lipinski definition) is 1. The molecule has 1 N–H and O–H groups in total.